The van der Waals surface area contributed by atoms with Gasteiger partial charge in [0.1, 0.15) is 6.04 Å². The third kappa shape index (κ3) is 3.21. The molecule has 0 aromatic heterocycles. The SMILES string of the molecule is C[C@H](NC(=O)C1=CC(N)CC=C1)C(=O)O. The smallest absolute Gasteiger partial charge is 0.325 e. The summed E-state index contributed by atoms with van der Waals surface area (Å²) in [6.07, 6.45) is 5.77. The predicted molar refractivity (Wildman–Crippen MR) is 55.1 cm³/mol. The number of rotatable bonds is 3. The molecule has 0 fully saturated rings. The Morgan fingerprint density at radius 2 is 2.33 bits per heavy atom. The Morgan fingerprint density at radius 1 is 1.67 bits per heavy atom. The fraction of sp³-hybridized carbons (Fsp3) is 0.400. The van der Waals surface area contributed by atoms with Crippen molar-refractivity contribution in [3.8, 4) is 0 Å². The van der Waals surface area contributed by atoms with Gasteiger partial charge in [0.2, 0.25) is 0 Å². The van der Waals surface area contributed by atoms with Crippen LogP contribution < -0.4 is 11.1 Å². The molecule has 0 radical (unpaired) electrons. The van der Waals surface area contributed by atoms with Crippen LogP contribution in [0.2, 0.25) is 0 Å². The Balaban J connectivity index is 2.61. The number of nitrogens with one attached hydrogen (secondary N) is 1. The topological polar surface area (TPSA) is 92.4 Å². The van der Waals surface area contributed by atoms with Crippen LogP contribution in [0.3, 0.4) is 0 Å². The minimum Gasteiger partial charge on any atom is -0.480 e. The van der Waals surface area contributed by atoms with Gasteiger partial charge in [0.25, 0.3) is 5.91 Å². The van der Waals surface area contributed by atoms with Gasteiger partial charge < -0.3 is 16.2 Å². The number of hydrogen-bond donors (Lipinski definition) is 3. The maximum Gasteiger partial charge on any atom is 0.325 e. The molecule has 1 aliphatic rings. The molecule has 4 N–H and O–H groups in total. The molecule has 5 nitrogen and oxygen atoms in total. The second kappa shape index (κ2) is 4.75. The molecule has 15 heavy (non-hydrogen) atoms. The number of carbonyl (C=O) groups excluding carboxylic acids is 1. The van der Waals surface area contributed by atoms with E-state index in [1.165, 1.54) is 6.92 Å². The minimum absolute atomic E-state index is 0.170. The Hall–Kier alpha value is -1.62. The van der Waals surface area contributed by atoms with Crippen LogP contribution in [0.5, 0.6) is 0 Å². The number of aliphatic carboxylic acids is 1. The van der Waals surface area contributed by atoms with Crippen LogP contribution in [-0.2, 0) is 9.59 Å². The molecular weight excluding hydrogens is 196 g/mol. The molecule has 0 spiro atoms. The molecule has 0 saturated carbocycles. The molecule has 0 heterocycles. The lowest BCUT2D eigenvalue weighted by Crippen LogP contribution is -2.39. The Bertz CT molecular complexity index is 334. The van der Waals surface area contributed by atoms with E-state index in [1.54, 1.807) is 18.2 Å². The lowest BCUT2D eigenvalue weighted by molar-refractivity contribution is -0.140. The molecule has 0 aromatic rings. The molecule has 0 bridgehead atoms. The summed E-state index contributed by atoms with van der Waals surface area (Å²) in [7, 11) is 0. The third-order valence-electron chi connectivity index (χ3n) is 2.08. The van der Waals surface area contributed by atoms with Crippen LogP contribution in [0.1, 0.15) is 13.3 Å². The molecular formula is C10H14N2O3. The van der Waals surface area contributed by atoms with Crippen molar-refractivity contribution in [3.05, 3.63) is 23.8 Å². The third-order valence-corrected chi connectivity index (χ3v) is 2.08. The Morgan fingerprint density at radius 3 is 2.87 bits per heavy atom. The zero-order chi connectivity index (χ0) is 11.4. The normalized spacial score (nSPS) is 21.7. The highest BCUT2D eigenvalue weighted by Gasteiger charge is 2.17. The van der Waals surface area contributed by atoms with E-state index in [0.717, 1.165) is 0 Å². The lowest BCUT2D eigenvalue weighted by atomic mass is 10.0. The van der Waals surface area contributed by atoms with E-state index < -0.39 is 17.9 Å². The summed E-state index contributed by atoms with van der Waals surface area (Å²) in [6.45, 7) is 1.41. The Kier molecular flexibility index (Phi) is 3.62. The van der Waals surface area contributed by atoms with Crippen molar-refractivity contribution >= 4 is 11.9 Å². The number of nitrogens with two attached hydrogens (primary N) is 1. The van der Waals surface area contributed by atoms with Crippen molar-refractivity contribution in [2.24, 2.45) is 5.73 Å². The summed E-state index contributed by atoms with van der Waals surface area (Å²) in [5.41, 5.74) is 6.05. The first-order valence-electron chi connectivity index (χ1n) is 4.68. The quantitative estimate of drug-likeness (QED) is 0.601. The van der Waals surface area contributed by atoms with Crippen molar-refractivity contribution < 1.29 is 14.7 Å². The van der Waals surface area contributed by atoms with Gasteiger partial charge in [-0.05, 0) is 13.3 Å². The molecule has 2 atom stereocenters. The maximum atomic E-state index is 11.5. The Labute approximate surface area is 87.6 Å². The summed E-state index contributed by atoms with van der Waals surface area (Å²) in [4.78, 5) is 22.0. The van der Waals surface area contributed by atoms with E-state index in [2.05, 4.69) is 5.32 Å². The largest absolute Gasteiger partial charge is 0.480 e. The van der Waals surface area contributed by atoms with E-state index in [1.807, 2.05) is 0 Å². The van der Waals surface area contributed by atoms with Gasteiger partial charge in [0.05, 0.1) is 0 Å². The number of carbonyl (C=O) groups is 2. The highest BCUT2D eigenvalue weighted by atomic mass is 16.4. The number of carboxylic acid groups (broad SMARTS) is 1. The van der Waals surface area contributed by atoms with Gasteiger partial charge in [-0.25, -0.2) is 0 Å². The molecule has 1 amide bonds. The van der Waals surface area contributed by atoms with Crippen LogP contribution in [0.15, 0.2) is 23.8 Å². The highest BCUT2D eigenvalue weighted by Crippen LogP contribution is 2.09. The number of hydrogen-bond acceptors (Lipinski definition) is 3. The number of amides is 1. The molecule has 1 rings (SSSR count). The van der Waals surface area contributed by atoms with Crippen LogP contribution >= 0.6 is 0 Å². The van der Waals surface area contributed by atoms with E-state index >= 15 is 0 Å². The molecule has 0 aliphatic heterocycles. The predicted octanol–water partition coefficient (Wildman–Crippen LogP) is -0.211. The van der Waals surface area contributed by atoms with E-state index in [0.29, 0.717) is 12.0 Å². The van der Waals surface area contributed by atoms with Gasteiger partial charge in [-0.15, -0.1) is 0 Å². The van der Waals surface area contributed by atoms with Crippen LogP contribution in [0.4, 0.5) is 0 Å². The van der Waals surface area contributed by atoms with Gasteiger partial charge in [0.15, 0.2) is 0 Å². The zero-order valence-corrected chi connectivity index (χ0v) is 8.43. The van der Waals surface area contributed by atoms with E-state index in [4.69, 9.17) is 10.8 Å². The first kappa shape index (κ1) is 11.5. The lowest BCUT2D eigenvalue weighted by Gasteiger charge is -2.14. The summed E-state index contributed by atoms with van der Waals surface area (Å²) in [6, 6.07) is -1.07. The second-order valence-corrected chi connectivity index (χ2v) is 3.46. The van der Waals surface area contributed by atoms with Crippen molar-refractivity contribution in [1.82, 2.24) is 5.32 Å². The van der Waals surface area contributed by atoms with Gasteiger partial charge >= 0.3 is 5.97 Å². The molecule has 1 unspecified atom stereocenters. The summed E-state index contributed by atoms with van der Waals surface area (Å²) < 4.78 is 0. The fourth-order valence-corrected chi connectivity index (χ4v) is 1.20. The fourth-order valence-electron chi connectivity index (χ4n) is 1.20. The summed E-state index contributed by atoms with van der Waals surface area (Å²) in [5.74, 6) is -1.47. The van der Waals surface area contributed by atoms with Gasteiger partial charge in [-0.2, -0.15) is 0 Å². The van der Waals surface area contributed by atoms with E-state index in [9.17, 15) is 9.59 Å². The zero-order valence-electron chi connectivity index (χ0n) is 8.43. The summed E-state index contributed by atoms with van der Waals surface area (Å²) >= 11 is 0. The minimum atomic E-state index is -1.06. The highest BCUT2D eigenvalue weighted by molar-refractivity contribution is 5.98. The van der Waals surface area contributed by atoms with Crippen LogP contribution in [0.25, 0.3) is 0 Å². The average Bonchev–Trinajstić information content (AvgIpc) is 2.17. The van der Waals surface area contributed by atoms with Crippen LogP contribution in [-0.4, -0.2) is 29.1 Å². The second-order valence-electron chi connectivity index (χ2n) is 3.46. The van der Waals surface area contributed by atoms with Crippen molar-refractivity contribution in [2.75, 3.05) is 0 Å². The van der Waals surface area contributed by atoms with Gasteiger partial charge in [-0.1, -0.05) is 18.2 Å². The van der Waals surface area contributed by atoms with Crippen LogP contribution in [0, 0.1) is 0 Å². The maximum absolute atomic E-state index is 11.5. The number of carboxylic acids is 1. The van der Waals surface area contributed by atoms with Crippen molar-refractivity contribution in [1.29, 1.82) is 0 Å². The van der Waals surface area contributed by atoms with Gasteiger partial charge in [0, 0.05) is 11.6 Å². The molecule has 5 heteroatoms. The van der Waals surface area contributed by atoms with E-state index in [-0.39, 0.29) is 6.04 Å². The van der Waals surface area contributed by atoms with Crippen molar-refractivity contribution in [3.63, 3.8) is 0 Å². The standard InChI is InChI=1S/C10H14N2O3/c1-6(10(14)15)12-9(13)7-3-2-4-8(11)5-7/h2-3,5-6,8H,4,11H2,1H3,(H,12,13)(H,14,15)/t6-,8?/m0/s1. The molecule has 1 aliphatic carbocycles. The first-order valence-corrected chi connectivity index (χ1v) is 4.68. The first-order chi connectivity index (χ1) is 7.00. The molecule has 0 aromatic carbocycles. The summed E-state index contributed by atoms with van der Waals surface area (Å²) in [5, 5.41) is 11.0. The average molecular weight is 210 g/mol. The molecule has 0 saturated heterocycles. The molecule has 82 valence electrons. The monoisotopic (exact) mass is 210 g/mol. The van der Waals surface area contributed by atoms with Gasteiger partial charge in [-0.3, -0.25) is 9.59 Å². The van der Waals surface area contributed by atoms with Crippen molar-refractivity contribution in [2.45, 2.75) is 25.4 Å².